The molecule has 1 aromatic heterocycles. The summed E-state index contributed by atoms with van der Waals surface area (Å²) in [5.74, 6) is -0.564. The molecular weight excluding hydrogens is 359 g/mol. The molecule has 0 N–H and O–H groups in total. The molecule has 0 atom stereocenters. The van der Waals surface area contributed by atoms with E-state index in [-0.39, 0.29) is 25.8 Å². The van der Waals surface area contributed by atoms with Crippen LogP contribution in [0.1, 0.15) is 0 Å². The van der Waals surface area contributed by atoms with E-state index in [9.17, 15) is 12.8 Å². The third kappa shape index (κ3) is 2.68. The van der Waals surface area contributed by atoms with Gasteiger partial charge in [-0.15, -0.1) is 0 Å². The second-order valence-electron chi connectivity index (χ2n) is 3.99. The van der Waals surface area contributed by atoms with E-state index in [1.165, 1.54) is 23.9 Å². The van der Waals surface area contributed by atoms with Crippen LogP contribution in [0.5, 0.6) is 0 Å². The monoisotopic (exact) mass is 366 g/mol. The van der Waals surface area contributed by atoms with Crippen LogP contribution in [-0.4, -0.2) is 24.5 Å². The first kappa shape index (κ1) is 14.5. The number of hydrogen-bond acceptors (Lipinski definition) is 3. The van der Waals surface area contributed by atoms with Crippen LogP contribution in [-0.2, 0) is 16.9 Å². The van der Waals surface area contributed by atoms with E-state index in [0.29, 0.717) is 0 Å². The maximum absolute atomic E-state index is 13.8. The Morgan fingerprint density at radius 3 is 2.53 bits per heavy atom. The summed E-state index contributed by atoms with van der Waals surface area (Å²) in [6.07, 6.45) is 1.07. The van der Waals surface area contributed by atoms with E-state index in [1.807, 2.05) is 0 Å². The van der Waals surface area contributed by atoms with E-state index in [4.69, 9.17) is 11.6 Å². The van der Waals surface area contributed by atoms with Crippen molar-refractivity contribution in [2.75, 3.05) is 6.26 Å². The van der Waals surface area contributed by atoms with Crippen molar-refractivity contribution in [2.45, 2.75) is 5.03 Å². The van der Waals surface area contributed by atoms with Crippen molar-refractivity contribution < 1.29 is 12.8 Å². The highest BCUT2D eigenvalue weighted by Gasteiger charge is 2.24. The highest BCUT2D eigenvalue weighted by Crippen LogP contribution is 2.34. The Hall–Kier alpha value is -0.920. The van der Waals surface area contributed by atoms with Gasteiger partial charge in [0.05, 0.1) is 4.47 Å². The topological polar surface area (TPSA) is 52.0 Å². The molecule has 19 heavy (non-hydrogen) atoms. The van der Waals surface area contributed by atoms with Gasteiger partial charge in [-0.2, -0.15) is 5.10 Å². The molecular formula is C11H9BrClFN2O2S. The lowest BCUT2D eigenvalue weighted by atomic mass is 10.1. The number of aryl methyl sites for hydroxylation is 1. The summed E-state index contributed by atoms with van der Waals surface area (Å²) in [4.78, 5) is 0. The van der Waals surface area contributed by atoms with Crippen molar-refractivity contribution in [1.29, 1.82) is 0 Å². The number of benzene rings is 1. The molecule has 2 aromatic rings. The first-order valence-corrected chi connectivity index (χ1v) is 8.16. The van der Waals surface area contributed by atoms with Crippen LogP contribution < -0.4 is 0 Å². The number of hydrogen-bond donors (Lipinski definition) is 0. The number of sulfone groups is 1. The van der Waals surface area contributed by atoms with Gasteiger partial charge < -0.3 is 0 Å². The Kier molecular flexibility index (Phi) is 3.72. The molecule has 0 aliphatic carbocycles. The Bertz CT molecular complexity index is 758. The predicted molar refractivity (Wildman–Crippen MR) is 74.4 cm³/mol. The molecule has 1 heterocycles. The highest BCUT2D eigenvalue weighted by atomic mass is 79.9. The van der Waals surface area contributed by atoms with E-state index in [1.54, 1.807) is 0 Å². The predicted octanol–water partition coefficient (Wildman–Crippen LogP) is 3.05. The normalized spacial score (nSPS) is 11.8. The second-order valence-corrected chi connectivity index (χ2v) is 7.15. The average molecular weight is 368 g/mol. The third-order valence-electron chi connectivity index (χ3n) is 2.48. The fourth-order valence-corrected chi connectivity index (χ4v) is 4.27. The minimum absolute atomic E-state index is 0.00292. The van der Waals surface area contributed by atoms with Gasteiger partial charge in [0.1, 0.15) is 11.5 Å². The molecule has 0 aliphatic heterocycles. The van der Waals surface area contributed by atoms with Crippen LogP contribution in [0.2, 0.25) is 5.02 Å². The summed E-state index contributed by atoms with van der Waals surface area (Å²) in [6.45, 7) is 0. The van der Waals surface area contributed by atoms with Crippen LogP contribution in [0, 0.1) is 5.82 Å². The van der Waals surface area contributed by atoms with Gasteiger partial charge in [0.15, 0.2) is 14.9 Å². The molecule has 0 unspecified atom stereocenters. The van der Waals surface area contributed by atoms with E-state index >= 15 is 0 Å². The molecule has 0 fully saturated rings. The highest BCUT2D eigenvalue weighted by molar-refractivity contribution is 9.10. The van der Waals surface area contributed by atoms with Crippen LogP contribution >= 0.6 is 27.5 Å². The lowest BCUT2D eigenvalue weighted by Gasteiger charge is -2.01. The lowest BCUT2D eigenvalue weighted by Crippen LogP contribution is -2.05. The zero-order valence-corrected chi connectivity index (χ0v) is 13.1. The van der Waals surface area contributed by atoms with Crippen LogP contribution in [0.3, 0.4) is 0 Å². The fourth-order valence-electron chi connectivity index (χ4n) is 1.74. The number of rotatable bonds is 2. The summed E-state index contributed by atoms with van der Waals surface area (Å²) >= 11 is 8.85. The van der Waals surface area contributed by atoms with Gasteiger partial charge in [0.25, 0.3) is 0 Å². The molecule has 0 bridgehead atoms. The Labute approximate surface area is 123 Å². The smallest absolute Gasteiger partial charge is 0.193 e. The van der Waals surface area contributed by atoms with Gasteiger partial charge in [0, 0.05) is 23.9 Å². The van der Waals surface area contributed by atoms with Crippen molar-refractivity contribution in [1.82, 2.24) is 9.78 Å². The molecule has 0 radical (unpaired) electrons. The number of aromatic nitrogens is 2. The Morgan fingerprint density at radius 2 is 2.05 bits per heavy atom. The molecule has 0 amide bonds. The van der Waals surface area contributed by atoms with Crippen molar-refractivity contribution in [3.8, 4) is 11.3 Å². The van der Waals surface area contributed by atoms with Crippen molar-refractivity contribution >= 4 is 37.4 Å². The van der Waals surface area contributed by atoms with Gasteiger partial charge in [-0.05, 0) is 34.1 Å². The van der Waals surface area contributed by atoms with Gasteiger partial charge in [-0.1, -0.05) is 11.6 Å². The van der Waals surface area contributed by atoms with Gasteiger partial charge >= 0.3 is 0 Å². The molecule has 0 spiro atoms. The summed E-state index contributed by atoms with van der Waals surface area (Å²) in [5, 5.41) is 4.30. The van der Waals surface area contributed by atoms with Crippen LogP contribution in [0.4, 0.5) is 4.39 Å². The summed E-state index contributed by atoms with van der Waals surface area (Å²) in [6, 6.07) is 4.12. The molecule has 2 rings (SSSR count). The molecule has 102 valence electrons. The van der Waals surface area contributed by atoms with Crippen LogP contribution in [0.15, 0.2) is 27.7 Å². The molecule has 1 aromatic carbocycles. The largest absolute Gasteiger partial charge is 0.256 e. The molecule has 0 saturated carbocycles. The number of halogens is 3. The molecule has 0 aliphatic rings. The van der Waals surface area contributed by atoms with Crippen molar-refractivity contribution in [2.24, 2.45) is 7.05 Å². The van der Waals surface area contributed by atoms with Crippen LogP contribution in [0.25, 0.3) is 11.3 Å². The summed E-state index contributed by atoms with van der Waals surface area (Å²) in [7, 11) is -1.98. The van der Waals surface area contributed by atoms with Crippen molar-refractivity contribution in [3.63, 3.8) is 0 Å². The second kappa shape index (κ2) is 4.88. The summed E-state index contributed by atoms with van der Waals surface area (Å²) < 4.78 is 38.6. The maximum Gasteiger partial charge on any atom is 0.193 e. The van der Waals surface area contributed by atoms with Crippen molar-refractivity contribution in [3.05, 3.63) is 33.5 Å². The van der Waals surface area contributed by atoms with Gasteiger partial charge in [-0.25, -0.2) is 12.8 Å². The van der Waals surface area contributed by atoms with E-state index in [0.717, 1.165) is 12.3 Å². The standard InChI is InChI=1S/C11H9BrClFN2O2S/c1-16-11(19(2,17)18)9(12)10(15-16)7-4-3-6(13)5-8(7)14/h3-5H,1-2H3. The fraction of sp³-hybridized carbons (Fsp3) is 0.182. The lowest BCUT2D eigenvalue weighted by molar-refractivity contribution is 0.582. The minimum atomic E-state index is -3.47. The zero-order valence-electron chi connectivity index (χ0n) is 9.99. The van der Waals surface area contributed by atoms with Gasteiger partial charge in [0.2, 0.25) is 0 Å². The molecule has 8 heteroatoms. The first-order chi connectivity index (χ1) is 8.71. The molecule has 4 nitrogen and oxygen atoms in total. The van der Waals surface area contributed by atoms with E-state index in [2.05, 4.69) is 21.0 Å². The number of nitrogens with zero attached hydrogens (tertiary/aromatic N) is 2. The minimum Gasteiger partial charge on any atom is -0.256 e. The first-order valence-electron chi connectivity index (χ1n) is 5.10. The molecule has 0 saturated heterocycles. The quantitative estimate of drug-likeness (QED) is 0.820. The SMILES string of the molecule is Cn1nc(-c2ccc(Cl)cc2F)c(Br)c1S(C)(=O)=O. The zero-order chi connectivity index (χ0) is 14.4. The summed E-state index contributed by atoms with van der Waals surface area (Å²) in [5.41, 5.74) is 0.402. The average Bonchev–Trinajstić information content (AvgIpc) is 2.53. The third-order valence-corrected chi connectivity index (χ3v) is 4.90. The maximum atomic E-state index is 13.8. The Balaban J connectivity index is 2.72. The van der Waals surface area contributed by atoms with E-state index < -0.39 is 15.7 Å². The van der Waals surface area contributed by atoms with Gasteiger partial charge in [-0.3, -0.25) is 4.68 Å². The Morgan fingerprint density at radius 1 is 1.42 bits per heavy atom.